The van der Waals surface area contributed by atoms with E-state index in [-0.39, 0.29) is 16.6 Å². The first kappa shape index (κ1) is 16.5. The minimum Gasteiger partial charge on any atom is -0.397 e. The van der Waals surface area contributed by atoms with Crippen LogP contribution in [0.25, 0.3) is 0 Å². The van der Waals surface area contributed by atoms with Crippen LogP contribution in [0.1, 0.15) is 25.3 Å². The van der Waals surface area contributed by atoms with Gasteiger partial charge in [-0.3, -0.25) is 0 Å². The molecule has 1 fully saturated rings. The molecule has 21 heavy (non-hydrogen) atoms. The molecule has 0 aromatic heterocycles. The van der Waals surface area contributed by atoms with Gasteiger partial charge in [0, 0.05) is 12.6 Å². The highest BCUT2D eigenvalue weighted by Crippen LogP contribution is 2.27. The van der Waals surface area contributed by atoms with Crippen LogP contribution in [0.4, 0.5) is 5.69 Å². The molecule has 3 N–H and O–H groups in total. The Morgan fingerprint density at radius 1 is 1.48 bits per heavy atom. The lowest BCUT2D eigenvalue weighted by atomic mass is 10.1. The number of hydrogen-bond acceptors (Lipinski definition) is 4. The third-order valence-electron chi connectivity index (χ3n) is 3.84. The van der Waals surface area contributed by atoms with Gasteiger partial charge in [-0.2, -0.15) is 0 Å². The van der Waals surface area contributed by atoms with E-state index in [2.05, 4.69) is 16.5 Å². The van der Waals surface area contributed by atoms with Crippen LogP contribution >= 0.6 is 11.6 Å². The van der Waals surface area contributed by atoms with E-state index >= 15 is 0 Å². The first-order valence-electron chi connectivity index (χ1n) is 7.13. The Morgan fingerprint density at radius 3 is 2.81 bits per heavy atom. The molecular weight excluding hydrogens is 310 g/mol. The molecular formula is C14H22ClN3O2S. The summed E-state index contributed by atoms with van der Waals surface area (Å²) >= 11 is 5.98. The molecule has 2 rings (SSSR count). The Hall–Kier alpha value is -0.820. The summed E-state index contributed by atoms with van der Waals surface area (Å²) in [4.78, 5) is 2.42. The average molecular weight is 332 g/mol. The molecule has 1 saturated heterocycles. The summed E-state index contributed by atoms with van der Waals surface area (Å²) in [5, 5.41) is 0.406. The molecule has 118 valence electrons. The van der Waals surface area contributed by atoms with Crippen LogP contribution < -0.4 is 10.5 Å². The van der Waals surface area contributed by atoms with E-state index in [1.165, 1.54) is 6.07 Å². The van der Waals surface area contributed by atoms with Crippen molar-refractivity contribution in [3.63, 3.8) is 0 Å². The lowest BCUT2D eigenvalue weighted by Crippen LogP contribution is -2.47. The summed E-state index contributed by atoms with van der Waals surface area (Å²) in [7, 11) is -3.57. The minimum atomic E-state index is -3.57. The molecule has 1 aliphatic rings. The number of anilines is 1. The van der Waals surface area contributed by atoms with Crippen molar-refractivity contribution in [2.45, 2.75) is 37.6 Å². The number of halogens is 1. The van der Waals surface area contributed by atoms with E-state index in [1.54, 1.807) is 13.0 Å². The molecule has 0 aliphatic carbocycles. The van der Waals surface area contributed by atoms with E-state index in [0.717, 1.165) is 32.5 Å². The number of nitrogens with one attached hydrogen (secondary N) is 1. The number of nitrogens with two attached hydrogens (primary N) is 1. The number of nitrogens with zero attached hydrogens (tertiary/aromatic N) is 1. The molecule has 7 heteroatoms. The molecule has 0 bridgehead atoms. The van der Waals surface area contributed by atoms with Crippen molar-refractivity contribution in [3.8, 4) is 0 Å². The van der Waals surface area contributed by atoms with Gasteiger partial charge < -0.3 is 10.6 Å². The maximum Gasteiger partial charge on any atom is 0.240 e. The van der Waals surface area contributed by atoms with E-state index in [0.29, 0.717) is 10.6 Å². The maximum atomic E-state index is 12.5. The zero-order chi connectivity index (χ0) is 15.6. The number of sulfonamides is 1. The highest BCUT2D eigenvalue weighted by molar-refractivity contribution is 7.89. The van der Waals surface area contributed by atoms with Gasteiger partial charge >= 0.3 is 0 Å². The quantitative estimate of drug-likeness (QED) is 0.827. The van der Waals surface area contributed by atoms with Crippen molar-refractivity contribution in [1.82, 2.24) is 9.62 Å². The van der Waals surface area contributed by atoms with Crippen LogP contribution in [0.2, 0.25) is 5.02 Å². The lowest BCUT2D eigenvalue weighted by Gasteiger charge is -2.32. The number of likely N-dealkylation sites (N-methyl/N-ethyl adjacent to an activating group) is 1. The number of benzene rings is 1. The van der Waals surface area contributed by atoms with Gasteiger partial charge in [-0.05, 0) is 50.6 Å². The average Bonchev–Trinajstić information content (AvgIpc) is 2.44. The fourth-order valence-electron chi connectivity index (χ4n) is 2.64. The molecule has 1 atom stereocenters. The second-order valence-corrected chi connectivity index (χ2v) is 7.59. The number of hydrogen-bond donors (Lipinski definition) is 2. The fraction of sp³-hybridized carbons (Fsp3) is 0.571. The third-order valence-corrected chi connectivity index (χ3v) is 5.86. The molecule has 1 unspecified atom stereocenters. The van der Waals surface area contributed by atoms with Gasteiger partial charge in [-0.15, -0.1) is 0 Å². The van der Waals surface area contributed by atoms with Crippen molar-refractivity contribution in [1.29, 1.82) is 0 Å². The van der Waals surface area contributed by atoms with Gasteiger partial charge in [0.2, 0.25) is 10.0 Å². The summed E-state index contributed by atoms with van der Waals surface area (Å²) < 4.78 is 27.7. The smallest absolute Gasteiger partial charge is 0.240 e. The van der Waals surface area contributed by atoms with Gasteiger partial charge in [0.25, 0.3) is 0 Å². The Morgan fingerprint density at radius 2 is 2.19 bits per heavy atom. The number of aryl methyl sites for hydroxylation is 1. The van der Waals surface area contributed by atoms with Crippen LogP contribution in [0.15, 0.2) is 17.0 Å². The molecule has 1 aliphatic heterocycles. The summed E-state index contributed by atoms with van der Waals surface area (Å²) in [6.45, 7) is 6.54. The van der Waals surface area contributed by atoms with Crippen LogP contribution in [0.3, 0.4) is 0 Å². The summed E-state index contributed by atoms with van der Waals surface area (Å²) in [6, 6.07) is 2.92. The van der Waals surface area contributed by atoms with Crippen molar-refractivity contribution < 1.29 is 8.42 Å². The fourth-order valence-corrected chi connectivity index (χ4v) is 4.13. The Balaban J connectivity index is 2.18. The number of likely N-dealkylation sites (tertiary alicyclic amines) is 1. The zero-order valence-electron chi connectivity index (χ0n) is 12.4. The van der Waals surface area contributed by atoms with Crippen molar-refractivity contribution in [2.75, 3.05) is 25.4 Å². The Bertz CT molecular complexity index is 596. The van der Waals surface area contributed by atoms with Crippen LogP contribution in [-0.4, -0.2) is 39.0 Å². The molecule has 0 saturated carbocycles. The number of piperidine rings is 1. The number of nitrogen functional groups attached to an aromatic ring is 1. The van der Waals surface area contributed by atoms with Crippen LogP contribution in [0, 0.1) is 6.92 Å². The highest BCUT2D eigenvalue weighted by Gasteiger charge is 2.25. The van der Waals surface area contributed by atoms with Gasteiger partial charge in [-0.25, -0.2) is 13.1 Å². The first-order valence-corrected chi connectivity index (χ1v) is 9.00. The number of rotatable bonds is 4. The van der Waals surface area contributed by atoms with Gasteiger partial charge in [0.1, 0.15) is 0 Å². The molecule has 0 amide bonds. The van der Waals surface area contributed by atoms with E-state index in [4.69, 9.17) is 17.3 Å². The molecule has 0 spiro atoms. The first-order chi connectivity index (χ1) is 9.83. The van der Waals surface area contributed by atoms with E-state index in [1.807, 2.05) is 0 Å². The third kappa shape index (κ3) is 3.88. The zero-order valence-corrected chi connectivity index (χ0v) is 14.0. The molecule has 5 nitrogen and oxygen atoms in total. The topological polar surface area (TPSA) is 75.4 Å². The SMILES string of the molecule is CCN1CCCC(NS(=O)(=O)c2cc(C)c(Cl)c(N)c2)C1. The van der Waals surface area contributed by atoms with Crippen molar-refractivity contribution in [2.24, 2.45) is 0 Å². The van der Waals surface area contributed by atoms with Crippen molar-refractivity contribution in [3.05, 3.63) is 22.7 Å². The van der Waals surface area contributed by atoms with Crippen LogP contribution in [0.5, 0.6) is 0 Å². The molecule has 1 aromatic carbocycles. The largest absolute Gasteiger partial charge is 0.397 e. The predicted octanol–water partition coefficient (Wildman–Crippen LogP) is 1.99. The Kier molecular flexibility index (Phi) is 5.14. The molecule has 1 heterocycles. The molecule has 1 aromatic rings. The summed E-state index contributed by atoms with van der Waals surface area (Å²) in [6.07, 6.45) is 1.86. The van der Waals surface area contributed by atoms with Gasteiger partial charge in [-0.1, -0.05) is 18.5 Å². The maximum absolute atomic E-state index is 12.5. The highest BCUT2D eigenvalue weighted by atomic mass is 35.5. The standard InChI is InChI=1S/C14H22ClN3O2S/c1-3-18-6-4-5-11(9-18)17-21(19,20)12-7-10(2)14(15)13(16)8-12/h7-8,11,17H,3-6,9,16H2,1-2H3. The van der Waals surface area contributed by atoms with Crippen molar-refractivity contribution >= 4 is 27.3 Å². The van der Waals surface area contributed by atoms with Crippen LogP contribution in [-0.2, 0) is 10.0 Å². The van der Waals surface area contributed by atoms with E-state index < -0.39 is 10.0 Å². The van der Waals surface area contributed by atoms with Gasteiger partial charge in [0.05, 0.1) is 15.6 Å². The normalized spacial score (nSPS) is 20.6. The monoisotopic (exact) mass is 331 g/mol. The Labute approximate surface area is 131 Å². The van der Waals surface area contributed by atoms with E-state index in [9.17, 15) is 8.42 Å². The molecule has 0 radical (unpaired) electrons. The second kappa shape index (κ2) is 6.52. The second-order valence-electron chi connectivity index (χ2n) is 5.50. The van der Waals surface area contributed by atoms with Gasteiger partial charge in [0.15, 0.2) is 0 Å². The lowest BCUT2D eigenvalue weighted by molar-refractivity contribution is 0.211. The minimum absolute atomic E-state index is 0.0547. The summed E-state index contributed by atoms with van der Waals surface area (Å²) in [5.41, 5.74) is 6.71. The summed E-state index contributed by atoms with van der Waals surface area (Å²) in [5.74, 6) is 0. The predicted molar refractivity (Wildman–Crippen MR) is 86.1 cm³/mol.